The Morgan fingerprint density at radius 2 is 2.09 bits per heavy atom. The van der Waals surface area contributed by atoms with E-state index in [-0.39, 0.29) is 11.8 Å². The van der Waals surface area contributed by atoms with Crippen LogP contribution in [-0.4, -0.2) is 38.1 Å². The summed E-state index contributed by atoms with van der Waals surface area (Å²) in [6.07, 6.45) is 2.75. The molecule has 0 bridgehead atoms. The predicted octanol–water partition coefficient (Wildman–Crippen LogP) is 1.90. The van der Waals surface area contributed by atoms with Gasteiger partial charge in [-0.2, -0.15) is 0 Å². The highest BCUT2D eigenvalue weighted by Crippen LogP contribution is 2.21. The third-order valence-electron chi connectivity index (χ3n) is 3.68. The number of anilines is 1. The van der Waals surface area contributed by atoms with Crippen molar-refractivity contribution in [2.45, 2.75) is 32.6 Å². The summed E-state index contributed by atoms with van der Waals surface area (Å²) in [7, 11) is 0. The average Bonchev–Trinajstić information content (AvgIpc) is 2.94. The number of carbonyl (C=O) groups is 2. The molecule has 1 N–H and O–H groups in total. The molecule has 0 unspecified atom stereocenters. The summed E-state index contributed by atoms with van der Waals surface area (Å²) in [5.41, 5.74) is 1.88. The average molecular weight is 304 g/mol. The topological polar surface area (TPSA) is 58.6 Å². The number of ether oxygens (including phenoxy) is 1. The second-order valence-corrected chi connectivity index (χ2v) is 5.39. The van der Waals surface area contributed by atoms with Crippen LogP contribution in [0.4, 0.5) is 5.69 Å². The summed E-state index contributed by atoms with van der Waals surface area (Å²) >= 11 is 0. The number of benzene rings is 1. The Labute approximate surface area is 131 Å². The van der Waals surface area contributed by atoms with Crippen LogP contribution in [0.1, 0.15) is 31.7 Å². The monoisotopic (exact) mass is 304 g/mol. The molecule has 0 radical (unpaired) electrons. The van der Waals surface area contributed by atoms with Gasteiger partial charge >= 0.3 is 0 Å². The van der Waals surface area contributed by atoms with Crippen LogP contribution >= 0.6 is 0 Å². The van der Waals surface area contributed by atoms with E-state index >= 15 is 0 Å². The number of hydrogen-bond donors (Lipinski definition) is 1. The van der Waals surface area contributed by atoms with E-state index in [0.717, 1.165) is 30.6 Å². The van der Waals surface area contributed by atoms with Gasteiger partial charge in [-0.25, -0.2) is 0 Å². The molecule has 2 rings (SSSR count). The molecule has 1 aromatic rings. The van der Waals surface area contributed by atoms with Crippen LogP contribution in [0.2, 0.25) is 0 Å². The normalized spacial score (nSPS) is 14.4. The van der Waals surface area contributed by atoms with Gasteiger partial charge in [-0.05, 0) is 37.5 Å². The van der Waals surface area contributed by atoms with Gasteiger partial charge in [-0.1, -0.05) is 12.1 Å². The Morgan fingerprint density at radius 1 is 1.32 bits per heavy atom. The maximum absolute atomic E-state index is 11.8. The summed E-state index contributed by atoms with van der Waals surface area (Å²) in [5, 5.41) is 2.88. The Morgan fingerprint density at radius 3 is 2.73 bits per heavy atom. The highest BCUT2D eigenvalue weighted by molar-refractivity contribution is 5.95. The van der Waals surface area contributed by atoms with Gasteiger partial charge in [-0.3, -0.25) is 9.59 Å². The van der Waals surface area contributed by atoms with Gasteiger partial charge in [0.05, 0.1) is 6.42 Å². The Hall–Kier alpha value is -1.88. The summed E-state index contributed by atoms with van der Waals surface area (Å²) in [6.45, 7) is 4.77. The first-order valence-electron chi connectivity index (χ1n) is 7.94. The highest BCUT2D eigenvalue weighted by Gasteiger charge is 2.21. The summed E-state index contributed by atoms with van der Waals surface area (Å²) in [4.78, 5) is 25.3. The molecule has 0 aliphatic carbocycles. The van der Waals surface area contributed by atoms with Crippen LogP contribution in [0.3, 0.4) is 0 Å². The highest BCUT2D eigenvalue weighted by atomic mass is 16.5. The zero-order chi connectivity index (χ0) is 15.8. The molecule has 1 aromatic carbocycles. The van der Waals surface area contributed by atoms with Gasteiger partial charge in [-0.15, -0.1) is 0 Å². The van der Waals surface area contributed by atoms with Crippen molar-refractivity contribution in [1.82, 2.24) is 5.32 Å². The van der Waals surface area contributed by atoms with E-state index in [1.54, 1.807) is 4.90 Å². The van der Waals surface area contributed by atoms with Crippen molar-refractivity contribution in [3.63, 3.8) is 0 Å². The lowest BCUT2D eigenvalue weighted by molar-refractivity contribution is -0.120. The van der Waals surface area contributed by atoms with Crippen molar-refractivity contribution >= 4 is 17.5 Å². The van der Waals surface area contributed by atoms with E-state index < -0.39 is 0 Å². The second-order valence-electron chi connectivity index (χ2n) is 5.39. The zero-order valence-corrected chi connectivity index (χ0v) is 13.1. The lowest BCUT2D eigenvalue weighted by Crippen LogP contribution is -2.27. The van der Waals surface area contributed by atoms with Crippen LogP contribution in [0.5, 0.6) is 0 Å². The van der Waals surface area contributed by atoms with Crippen molar-refractivity contribution in [1.29, 1.82) is 0 Å². The molecule has 0 atom stereocenters. The fourth-order valence-electron chi connectivity index (χ4n) is 2.51. The van der Waals surface area contributed by atoms with Crippen LogP contribution in [0, 0.1) is 0 Å². The van der Waals surface area contributed by atoms with Gasteiger partial charge in [0.25, 0.3) is 0 Å². The smallest absolute Gasteiger partial charge is 0.227 e. The molecule has 0 aromatic heterocycles. The quantitative estimate of drug-likeness (QED) is 0.746. The standard InChI is InChI=1S/C17H24N2O3/c1-2-22-12-4-10-18-16(20)13-14-6-8-15(9-7-14)19-11-3-5-17(19)21/h6-9H,2-5,10-13H2,1H3,(H,18,20). The molecule has 1 fully saturated rings. The molecular weight excluding hydrogens is 280 g/mol. The molecule has 1 heterocycles. The van der Waals surface area contributed by atoms with Crippen molar-refractivity contribution in [2.75, 3.05) is 31.2 Å². The number of nitrogens with zero attached hydrogens (tertiary/aromatic N) is 1. The summed E-state index contributed by atoms with van der Waals surface area (Å²) < 4.78 is 5.22. The van der Waals surface area contributed by atoms with Crippen molar-refractivity contribution in [3.05, 3.63) is 29.8 Å². The van der Waals surface area contributed by atoms with Gasteiger partial charge in [0.2, 0.25) is 11.8 Å². The third kappa shape index (κ3) is 4.84. The van der Waals surface area contributed by atoms with Gasteiger partial charge in [0, 0.05) is 38.4 Å². The molecule has 2 amide bonds. The predicted molar refractivity (Wildman–Crippen MR) is 85.9 cm³/mol. The Bertz CT molecular complexity index is 499. The fourth-order valence-corrected chi connectivity index (χ4v) is 2.51. The number of nitrogens with one attached hydrogen (secondary N) is 1. The first-order valence-corrected chi connectivity index (χ1v) is 7.94. The fraction of sp³-hybridized carbons (Fsp3) is 0.529. The van der Waals surface area contributed by atoms with Crippen LogP contribution in [-0.2, 0) is 20.7 Å². The third-order valence-corrected chi connectivity index (χ3v) is 3.68. The second kappa shape index (κ2) is 8.54. The van der Waals surface area contributed by atoms with E-state index in [2.05, 4.69) is 5.32 Å². The van der Waals surface area contributed by atoms with Crippen LogP contribution in [0.25, 0.3) is 0 Å². The zero-order valence-electron chi connectivity index (χ0n) is 13.1. The van der Waals surface area contributed by atoms with Crippen LogP contribution in [0.15, 0.2) is 24.3 Å². The van der Waals surface area contributed by atoms with E-state index in [1.165, 1.54) is 0 Å². The minimum atomic E-state index is 0.0153. The van der Waals surface area contributed by atoms with Gasteiger partial charge < -0.3 is 15.0 Å². The van der Waals surface area contributed by atoms with E-state index in [4.69, 9.17) is 4.74 Å². The SMILES string of the molecule is CCOCCCNC(=O)Cc1ccc(N2CCCC2=O)cc1. The van der Waals surface area contributed by atoms with E-state index in [1.807, 2.05) is 31.2 Å². The Balaban J connectivity index is 1.76. The molecule has 5 heteroatoms. The molecule has 1 aliphatic rings. The number of hydrogen-bond acceptors (Lipinski definition) is 3. The molecule has 1 saturated heterocycles. The molecule has 120 valence electrons. The van der Waals surface area contributed by atoms with Crippen molar-refractivity contribution < 1.29 is 14.3 Å². The minimum absolute atomic E-state index is 0.0153. The van der Waals surface area contributed by atoms with Crippen molar-refractivity contribution in [3.8, 4) is 0 Å². The number of amides is 2. The molecule has 22 heavy (non-hydrogen) atoms. The lowest BCUT2D eigenvalue weighted by atomic mass is 10.1. The molecule has 5 nitrogen and oxygen atoms in total. The van der Waals surface area contributed by atoms with Crippen molar-refractivity contribution in [2.24, 2.45) is 0 Å². The molecule has 0 saturated carbocycles. The van der Waals surface area contributed by atoms with E-state index in [9.17, 15) is 9.59 Å². The maximum atomic E-state index is 11.8. The first-order chi connectivity index (χ1) is 10.7. The minimum Gasteiger partial charge on any atom is -0.382 e. The Kier molecular flexibility index (Phi) is 6.40. The van der Waals surface area contributed by atoms with Crippen LogP contribution < -0.4 is 10.2 Å². The molecule has 1 aliphatic heterocycles. The van der Waals surface area contributed by atoms with E-state index in [0.29, 0.717) is 32.6 Å². The van der Waals surface area contributed by atoms with Gasteiger partial charge in [0.1, 0.15) is 0 Å². The summed E-state index contributed by atoms with van der Waals surface area (Å²) in [6, 6.07) is 7.67. The number of rotatable bonds is 8. The number of carbonyl (C=O) groups excluding carboxylic acids is 2. The maximum Gasteiger partial charge on any atom is 0.227 e. The lowest BCUT2D eigenvalue weighted by Gasteiger charge is -2.15. The van der Waals surface area contributed by atoms with Gasteiger partial charge in [0.15, 0.2) is 0 Å². The molecule has 0 spiro atoms. The first kappa shape index (κ1) is 16.5. The molecular formula is C17H24N2O3. The largest absolute Gasteiger partial charge is 0.382 e. The summed E-state index contributed by atoms with van der Waals surface area (Å²) in [5.74, 6) is 0.196.